The first kappa shape index (κ1) is 9.44. The third-order valence-corrected chi connectivity index (χ3v) is 3.23. The van der Waals surface area contributed by atoms with Gasteiger partial charge in [0, 0.05) is 6.04 Å². The first-order valence-electron chi connectivity index (χ1n) is 5.34. The van der Waals surface area contributed by atoms with Crippen molar-refractivity contribution in [1.29, 1.82) is 0 Å². The standard InChI is InChI=1S/C10H21N3/c1-10(2,3)8-5-4-6-9-11-7-12-13(8)9/h8-9,11-12H,4-7H2,1-3H3. The van der Waals surface area contributed by atoms with E-state index in [2.05, 4.69) is 36.5 Å². The van der Waals surface area contributed by atoms with E-state index in [4.69, 9.17) is 0 Å². The van der Waals surface area contributed by atoms with Crippen LogP contribution in [0, 0.1) is 5.41 Å². The van der Waals surface area contributed by atoms with Gasteiger partial charge >= 0.3 is 0 Å². The molecule has 3 nitrogen and oxygen atoms in total. The molecule has 3 heteroatoms. The van der Waals surface area contributed by atoms with Crippen molar-refractivity contribution in [3.8, 4) is 0 Å². The monoisotopic (exact) mass is 183 g/mol. The van der Waals surface area contributed by atoms with E-state index in [0.29, 0.717) is 17.6 Å². The first-order chi connectivity index (χ1) is 6.09. The molecule has 2 saturated heterocycles. The summed E-state index contributed by atoms with van der Waals surface area (Å²) in [6.07, 6.45) is 4.56. The van der Waals surface area contributed by atoms with Crippen LogP contribution in [-0.2, 0) is 0 Å². The van der Waals surface area contributed by atoms with Crippen molar-refractivity contribution in [1.82, 2.24) is 15.8 Å². The molecular formula is C10H21N3. The van der Waals surface area contributed by atoms with Crippen molar-refractivity contribution >= 4 is 0 Å². The summed E-state index contributed by atoms with van der Waals surface area (Å²) in [6, 6.07) is 0.682. The van der Waals surface area contributed by atoms with Crippen LogP contribution in [-0.4, -0.2) is 23.9 Å². The smallest absolute Gasteiger partial charge is 0.0746 e. The van der Waals surface area contributed by atoms with E-state index in [9.17, 15) is 0 Å². The third kappa shape index (κ3) is 1.73. The lowest BCUT2D eigenvalue weighted by molar-refractivity contribution is 0.00698. The Labute approximate surface area is 80.8 Å². The molecule has 0 bridgehead atoms. The van der Waals surface area contributed by atoms with Crippen molar-refractivity contribution in [2.75, 3.05) is 6.67 Å². The fraction of sp³-hybridized carbons (Fsp3) is 1.00. The number of hydrazine groups is 1. The summed E-state index contributed by atoms with van der Waals surface area (Å²) in [7, 11) is 0. The molecule has 0 saturated carbocycles. The van der Waals surface area contributed by atoms with E-state index in [0.717, 1.165) is 6.67 Å². The highest BCUT2D eigenvalue weighted by atomic mass is 15.6. The van der Waals surface area contributed by atoms with Gasteiger partial charge in [0.1, 0.15) is 0 Å². The van der Waals surface area contributed by atoms with Gasteiger partial charge in [-0.3, -0.25) is 5.32 Å². The Bertz CT molecular complexity index is 185. The van der Waals surface area contributed by atoms with Gasteiger partial charge in [0.15, 0.2) is 0 Å². The van der Waals surface area contributed by atoms with E-state index in [1.165, 1.54) is 19.3 Å². The normalized spacial score (nSPS) is 36.2. The molecule has 0 aliphatic carbocycles. The molecule has 2 atom stereocenters. The summed E-state index contributed by atoms with van der Waals surface area (Å²) in [5.74, 6) is 0. The average molecular weight is 183 g/mol. The van der Waals surface area contributed by atoms with E-state index in [1.54, 1.807) is 0 Å². The quantitative estimate of drug-likeness (QED) is 0.592. The number of nitrogens with one attached hydrogen (secondary N) is 2. The van der Waals surface area contributed by atoms with Crippen LogP contribution in [0.4, 0.5) is 0 Å². The van der Waals surface area contributed by atoms with E-state index < -0.39 is 0 Å². The van der Waals surface area contributed by atoms with Crippen molar-refractivity contribution in [2.24, 2.45) is 5.41 Å². The maximum atomic E-state index is 3.48. The summed E-state index contributed by atoms with van der Waals surface area (Å²) in [5, 5.41) is 5.91. The molecule has 13 heavy (non-hydrogen) atoms. The fourth-order valence-electron chi connectivity index (χ4n) is 2.53. The predicted molar refractivity (Wildman–Crippen MR) is 53.9 cm³/mol. The summed E-state index contributed by atoms with van der Waals surface area (Å²) >= 11 is 0. The van der Waals surface area contributed by atoms with Crippen LogP contribution in [0.15, 0.2) is 0 Å². The van der Waals surface area contributed by atoms with Gasteiger partial charge in [-0.25, -0.2) is 10.4 Å². The molecule has 2 fully saturated rings. The molecular weight excluding hydrogens is 162 g/mol. The van der Waals surface area contributed by atoms with Crippen LogP contribution >= 0.6 is 0 Å². The number of hydrogen-bond acceptors (Lipinski definition) is 3. The second-order valence-electron chi connectivity index (χ2n) is 5.27. The summed E-state index contributed by atoms with van der Waals surface area (Å²) in [6.45, 7) is 7.94. The fourth-order valence-corrected chi connectivity index (χ4v) is 2.53. The molecule has 76 valence electrons. The molecule has 2 aliphatic rings. The molecule has 0 amide bonds. The topological polar surface area (TPSA) is 27.3 Å². The van der Waals surface area contributed by atoms with E-state index in [1.807, 2.05) is 0 Å². The largest absolute Gasteiger partial charge is 0.287 e. The number of rotatable bonds is 0. The number of fused-ring (bicyclic) bond motifs is 1. The molecule has 2 rings (SSSR count). The number of piperidine rings is 1. The molecule has 0 aromatic rings. The van der Waals surface area contributed by atoms with Crippen LogP contribution in [0.1, 0.15) is 40.0 Å². The number of nitrogens with zero attached hydrogens (tertiary/aromatic N) is 1. The Morgan fingerprint density at radius 2 is 2.00 bits per heavy atom. The zero-order valence-electron chi connectivity index (χ0n) is 8.93. The highest BCUT2D eigenvalue weighted by molar-refractivity contribution is 4.90. The average Bonchev–Trinajstić information content (AvgIpc) is 2.48. The molecule has 0 radical (unpaired) electrons. The van der Waals surface area contributed by atoms with Crippen molar-refractivity contribution < 1.29 is 0 Å². The Hall–Kier alpha value is -0.120. The van der Waals surface area contributed by atoms with Crippen LogP contribution in [0.2, 0.25) is 0 Å². The minimum absolute atomic E-state index is 0.387. The Morgan fingerprint density at radius 1 is 1.23 bits per heavy atom. The number of hydrogen-bond donors (Lipinski definition) is 2. The van der Waals surface area contributed by atoms with Gasteiger partial charge in [-0.1, -0.05) is 20.8 Å². The van der Waals surface area contributed by atoms with Gasteiger partial charge in [-0.05, 0) is 24.7 Å². The molecule has 0 aromatic carbocycles. The zero-order valence-corrected chi connectivity index (χ0v) is 8.93. The SMILES string of the molecule is CC(C)(C)C1CCCC2NCNN21. The molecule has 2 heterocycles. The van der Waals surface area contributed by atoms with Gasteiger partial charge < -0.3 is 0 Å². The van der Waals surface area contributed by atoms with Gasteiger partial charge in [0.2, 0.25) is 0 Å². The lowest BCUT2D eigenvalue weighted by atomic mass is 9.81. The minimum atomic E-state index is 0.387. The van der Waals surface area contributed by atoms with Crippen LogP contribution < -0.4 is 10.7 Å². The van der Waals surface area contributed by atoms with Gasteiger partial charge in [0.05, 0.1) is 12.8 Å². The van der Waals surface area contributed by atoms with Crippen molar-refractivity contribution in [3.05, 3.63) is 0 Å². The highest BCUT2D eigenvalue weighted by Gasteiger charge is 2.39. The molecule has 2 unspecified atom stereocenters. The second-order valence-corrected chi connectivity index (χ2v) is 5.27. The zero-order chi connectivity index (χ0) is 9.47. The first-order valence-corrected chi connectivity index (χ1v) is 5.34. The van der Waals surface area contributed by atoms with E-state index in [-0.39, 0.29) is 0 Å². The van der Waals surface area contributed by atoms with E-state index >= 15 is 0 Å². The third-order valence-electron chi connectivity index (χ3n) is 3.23. The maximum Gasteiger partial charge on any atom is 0.0746 e. The Morgan fingerprint density at radius 3 is 2.69 bits per heavy atom. The second kappa shape index (κ2) is 3.23. The van der Waals surface area contributed by atoms with Crippen molar-refractivity contribution in [3.63, 3.8) is 0 Å². The van der Waals surface area contributed by atoms with Crippen LogP contribution in [0.5, 0.6) is 0 Å². The Balaban J connectivity index is 2.10. The summed E-state index contributed by atoms with van der Waals surface area (Å²) < 4.78 is 0. The van der Waals surface area contributed by atoms with Crippen LogP contribution in [0.25, 0.3) is 0 Å². The van der Waals surface area contributed by atoms with Gasteiger partial charge in [-0.15, -0.1) is 0 Å². The minimum Gasteiger partial charge on any atom is -0.287 e. The summed E-state index contributed by atoms with van der Waals surface area (Å²) in [5.41, 5.74) is 3.82. The highest BCUT2D eigenvalue weighted by Crippen LogP contribution is 2.33. The van der Waals surface area contributed by atoms with Crippen LogP contribution in [0.3, 0.4) is 0 Å². The summed E-state index contributed by atoms with van der Waals surface area (Å²) in [4.78, 5) is 0. The Kier molecular flexibility index (Phi) is 2.34. The molecule has 0 aromatic heterocycles. The predicted octanol–water partition coefficient (Wildman–Crippen LogP) is 1.28. The maximum absolute atomic E-state index is 3.48. The lowest BCUT2D eigenvalue weighted by Crippen LogP contribution is -2.54. The van der Waals surface area contributed by atoms with Crippen molar-refractivity contribution in [2.45, 2.75) is 52.2 Å². The lowest BCUT2D eigenvalue weighted by Gasteiger charge is -2.43. The molecule has 0 spiro atoms. The van der Waals surface area contributed by atoms with Gasteiger partial charge in [0.25, 0.3) is 0 Å². The molecule has 2 aliphatic heterocycles. The van der Waals surface area contributed by atoms with Gasteiger partial charge in [-0.2, -0.15) is 0 Å². The molecule has 2 N–H and O–H groups in total.